The molecule has 0 saturated heterocycles. The van der Waals surface area contributed by atoms with Crippen molar-refractivity contribution in [3.8, 4) is 5.75 Å². The van der Waals surface area contributed by atoms with Crippen molar-refractivity contribution in [3.05, 3.63) is 64.2 Å². The van der Waals surface area contributed by atoms with Crippen LogP contribution in [0.5, 0.6) is 5.75 Å². The van der Waals surface area contributed by atoms with Crippen LogP contribution >= 0.6 is 0 Å². The smallest absolute Gasteiger partial charge is 0.546 e. The third-order valence-electron chi connectivity index (χ3n) is 3.32. The fraction of sp³-hybridized carbons (Fsp3) is 0.188. The van der Waals surface area contributed by atoms with E-state index in [1.165, 1.54) is 30.3 Å². The number of hydrogen-bond acceptors (Lipinski definition) is 7. The van der Waals surface area contributed by atoms with E-state index in [9.17, 15) is 28.4 Å². The molecule has 0 spiro atoms. The van der Waals surface area contributed by atoms with Gasteiger partial charge >= 0.3 is 35.2 Å². The van der Waals surface area contributed by atoms with Gasteiger partial charge in [-0.05, 0) is 30.2 Å². The minimum absolute atomic E-state index is 0. The van der Waals surface area contributed by atoms with Crippen LogP contribution in [-0.2, 0) is 21.2 Å². The molecule has 2 aromatic carbocycles. The molecule has 0 fully saturated rings. The van der Waals surface area contributed by atoms with E-state index in [2.05, 4.69) is 4.72 Å². The third-order valence-corrected chi connectivity index (χ3v) is 4.80. The fourth-order valence-electron chi connectivity index (χ4n) is 2.13. The Morgan fingerprint density at radius 2 is 1.81 bits per heavy atom. The Morgan fingerprint density at radius 1 is 1.15 bits per heavy atom. The van der Waals surface area contributed by atoms with E-state index in [0.29, 0.717) is 5.56 Å². The van der Waals surface area contributed by atoms with Gasteiger partial charge in [0, 0.05) is 12.6 Å². The van der Waals surface area contributed by atoms with E-state index >= 15 is 0 Å². The SMILES string of the molecule is O=C([O-])COc1ccc(CCNS(=O)(=O)c2ccccc2)cc1[N+](=O)[O-].[Na+]. The van der Waals surface area contributed by atoms with Gasteiger partial charge in [0.2, 0.25) is 10.0 Å². The van der Waals surface area contributed by atoms with E-state index in [4.69, 9.17) is 4.74 Å². The number of rotatable bonds is 9. The van der Waals surface area contributed by atoms with Gasteiger partial charge in [0.25, 0.3) is 0 Å². The molecule has 0 aliphatic rings. The number of ether oxygens (including phenoxy) is 1. The first-order valence-corrected chi connectivity index (χ1v) is 8.92. The second kappa shape index (κ2) is 10.4. The predicted molar refractivity (Wildman–Crippen MR) is 88.9 cm³/mol. The topological polar surface area (TPSA) is 139 Å². The van der Waals surface area contributed by atoms with Crippen molar-refractivity contribution < 1.29 is 57.5 Å². The zero-order valence-corrected chi connectivity index (χ0v) is 17.3. The van der Waals surface area contributed by atoms with Crippen LogP contribution in [0.15, 0.2) is 53.4 Å². The summed E-state index contributed by atoms with van der Waals surface area (Å²) >= 11 is 0. The molecule has 0 saturated carbocycles. The Balaban J connectivity index is 0.00000364. The van der Waals surface area contributed by atoms with Gasteiger partial charge < -0.3 is 14.6 Å². The van der Waals surface area contributed by atoms with Crippen LogP contribution in [0, 0.1) is 10.1 Å². The molecular formula is C16H15N2NaO7S. The van der Waals surface area contributed by atoms with E-state index in [1.54, 1.807) is 18.2 Å². The van der Waals surface area contributed by atoms with Gasteiger partial charge in [-0.25, -0.2) is 13.1 Å². The van der Waals surface area contributed by atoms with Crippen LogP contribution in [0.25, 0.3) is 0 Å². The number of carboxylic acids is 1. The standard InChI is InChI=1S/C16H16N2O7S.Na/c19-16(20)11-25-15-7-6-12(10-14(15)18(21)22)8-9-17-26(23,24)13-4-2-1-3-5-13;/h1-7,10,17H,8-9,11H2,(H,19,20);/q;+1/p-1. The van der Waals surface area contributed by atoms with Crippen LogP contribution in [0.1, 0.15) is 5.56 Å². The summed E-state index contributed by atoms with van der Waals surface area (Å²) in [5.74, 6) is -1.70. The molecule has 0 bridgehead atoms. The Hall–Kier alpha value is -1.98. The summed E-state index contributed by atoms with van der Waals surface area (Å²) in [6.07, 6.45) is 0.202. The number of sulfonamides is 1. The summed E-state index contributed by atoms with van der Waals surface area (Å²) < 4.78 is 31.4. The molecule has 0 radical (unpaired) electrons. The van der Waals surface area contributed by atoms with Crippen LogP contribution in [0.4, 0.5) is 5.69 Å². The second-order valence-corrected chi connectivity index (χ2v) is 6.95. The number of nitro benzene ring substituents is 1. The number of benzene rings is 2. The normalized spacial score (nSPS) is 10.7. The number of nitrogens with zero attached hydrogens (tertiary/aromatic N) is 1. The average Bonchev–Trinajstić information content (AvgIpc) is 2.61. The van der Waals surface area contributed by atoms with Gasteiger partial charge in [0.1, 0.15) is 6.61 Å². The van der Waals surface area contributed by atoms with E-state index in [0.717, 1.165) is 0 Å². The zero-order chi connectivity index (χ0) is 19.2. The molecule has 27 heavy (non-hydrogen) atoms. The first-order chi connectivity index (χ1) is 12.3. The Morgan fingerprint density at radius 3 is 2.41 bits per heavy atom. The summed E-state index contributed by atoms with van der Waals surface area (Å²) in [6.45, 7) is -0.773. The number of hydrogen-bond donors (Lipinski definition) is 1. The van der Waals surface area contributed by atoms with Gasteiger partial charge in [-0.3, -0.25) is 10.1 Å². The van der Waals surface area contributed by atoms with Crippen molar-refractivity contribution in [1.29, 1.82) is 0 Å². The molecule has 2 rings (SSSR count). The number of carbonyl (C=O) groups is 1. The third kappa shape index (κ3) is 6.92. The van der Waals surface area contributed by atoms with Crippen molar-refractivity contribution in [2.75, 3.05) is 13.2 Å². The number of nitrogens with one attached hydrogen (secondary N) is 1. The molecule has 138 valence electrons. The van der Waals surface area contributed by atoms with Gasteiger partial charge in [-0.2, -0.15) is 0 Å². The Bertz CT molecular complexity index is 904. The maximum Gasteiger partial charge on any atom is 1.00 e. The number of nitro groups is 1. The first kappa shape index (κ1) is 23.1. The molecular weight excluding hydrogens is 387 g/mol. The molecule has 1 N–H and O–H groups in total. The van der Waals surface area contributed by atoms with Crippen molar-refractivity contribution in [2.45, 2.75) is 11.3 Å². The molecule has 0 atom stereocenters. The summed E-state index contributed by atoms with van der Waals surface area (Å²) in [6, 6.07) is 11.8. The number of carboxylic acid groups (broad SMARTS) is 1. The Kier molecular flexibility index (Phi) is 8.86. The van der Waals surface area contributed by atoms with Gasteiger partial charge in [-0.15, -0.1) is 0 Å². The molecule has 0 unspecified atom stereocenters. The monoisotopic (exact) mass is 402 g/mol. The largest absolute Gasteiger partial charge is 1.00 e. The van der Waals surface area contributed by atoms with E-state index in [1.807, 2.05) is 0 Å². The van der Waals surface area contributed by atoms with Crippen molar-refractivity contribution in [1.82, 2.24) is 4.72 Å². The van der Waals surface area contributed by atoms with Crippen LogP contribution in [0.3, 0.4) is 0 Å². The first-order valence-electron chi connectivity index (χ1n) is 7.44. The summed E-state index contributed by atoms with van der Waals surface area (Å²) in [5.41, 5.74) is 0.0860. The van der Waals surface area contributed by atoms with Crippen LogP contribution in [0.2, 0.25) is 0 Å². The van der Waals surface area contributed by atoms with Crippen LogP contribution in [-0.4, -0.2) is 32.5 Å². The summed E-state index contributed by atoms with van der Waals surface area (Å²) in [4.78, 5) is 20.9. The van der Waals surface area contributed by atoms with Crippen molar-refractivity contribution in [3.63, 3.8) is 0 Å². The van der Waals surface area contributed by atoms with Crippen molar-refractivity contribution >= 4 is 21.7 Å². The summed E-state index contributed by atoms with van der Waals surface area (Å²) in [7, 11) is -3.66. The van der Waals surface area contributed by atoms with Crippen molar-refractivity contribution in [2.24, 2.45) is 0 Å². The van der Waals surface area contributed by atoms with Gasteiger partial charge in [0.15, 0.2) is 5.75 Å². The molecule has 0 amide bonds. The van der Waals surface area contributed by atoms with E-state index < -0.39 is 33.2 Å². The fourth-order valence-corrected chi connectivity index (χ4v) is 3.19. The van der Waals surface area contributed by atoms with Gasteiger partial charge in [0.05, 0.1) is 15.8 Å². The quantitative estimate of drug-likeness (QED) is 0.272. The molecule has 11 heteroatoms. The number of carbonyl (C=O) groups excluding carboxylic acids is 1. The summed E-state index contributed by atoms with van der Waals surface area (Å²) in [5, 5.41) is 21.5. The molecule has 9 nitrogen and oxygen atoms in total. The van der Waals surface area contributed by atoms with Gasteiger partial charge in [-0.1, -0.05) is 24.3 Å². The second-order valence-electron chi connectivity index (χ2n) is 5.18. The minimum Gasteiger partial charge on any atom is -0.546 e. The maximum atomic E-state index is 12.1. The number of aliphatic carboxylic acids is 1. The minimum atomic E-state index is -3.66. The average molecular weight is 402 g/mol. The Labute approximate surface area is 177 Å². The van der Waals surface area contributed by atoms with E-state index in [-0.39, 0.29) is 53.2 Å². The zero-order valence-electron chi connectivity index (χ0n) is 14.5. The maximum absolute atomic E-state index is 12.1. The molecule has 0 aliphatic carbocycles. The van der Waals surface area contributed by atoms with Crippen LogP contribution < -0.4 is 44.1 Å². The molecule has 2 aromatic rings. The molecule has 0 heterocycles. The molecule has 0 aromatic heterocycles. The predicted octanol–water partition coefficient (Wildman–Crippen LogP) is -2.75. The molecule has 0 aliphatic heterocycles.